The van der Waals surface area contributed by atoms with Crippen LogP contribution in [-0.2, 0) is 14.3 Å². The summed E-state index contributed by atoms with van der Waals surface area (Å²) in [5.41, 5.74) is 2.22. The molecule has 1 N–H and O–H groups in total. The highest BCUT2D eigenvalue weighted by Crippen LogP contribution is 2.76. The standard InChI is InChI=1S/C36H56O3.CH4O/c1-8-24(2)25-14-19-36(23-39-30-11-9-10-22-38-30)21-20-34(6)26(31(25)36)12-13-28-33(5)17-16-29(37)32(3,4)27(33)15-18-35(28,34)7;1-2/h16-17,25-28,30-31H,2,8-15,18-23H2,1,3-7H3;2H,1H3/t25-,26+,27-,28+,30?,31+,33-,34+,35+,36+;/m0./s1. The van der Waals surface area contributed by atoms with Crippen LogP contribution < -0.4 is 0 Å². The van der Waals surface area contributed by atoms with Crippen LogP contribution >= 0.6 is 0 Å². The van der Waals surface area contributed by atoms with Crippen molar-refractivity contribution in [2.75, 3.05) is 20.3 Å². The molecule has 6 aliphatic rings. The Kier molecular flexibility index (Phi) is 8.58. The summed E-state index contributed by atoms with van der Waals surface area (Å²) in [5.74, 6) is 3.46. The largest absolute Gasteiger partial charge is 0.400 e. The highest BCUT2D eigenvalue weighted by atomic mass is 16.7. The van der Waals surface area contributed by atoms with Crippen LogP contribution in [-0.4, -0.2) is 37.5 Å². The van der Waals surface area contributed by atoms with Crippen molar-refractivity contribution >= 4 is 5.78 Å². The Morgan fingerprint density at radius 2 is 1.71 bits per heavy atom. The van der Waals surface area contributed by atoms with Crippen LogP contribution in [0.15, 0.2) is 24.3 Å². The van der Waals surface area contributed by atoms with Crippen LogP contribution in [0, 0.1) is 56.7 Å². The molecule has 1 heterocycles. The number of carbonyl (C=O) groups excluding carboxylic acids is 1. The van der Waals surface area contributed by atoms with E-state index in [-0.39, 0.29) is 22.5 Å². The SMILES string of the molecule is C=C(CC)[C@@H]1CC[C@]2(COC3CCCCO3)CC[C@]3(C)[C@H](CC[C@@H]4[C@@]5(C)C=CC(=O)C(C)(C)[C@@H]5CC[C@]43C)[C@@H]12.CO. The first-order valence-corrected chi connectivity index (χ1v) is 17.0. The fourth-order valence-corrected chi connectivity index (χ4v) is 12.1. The number of aliphatic hydroxyl groups is 1. The van der Waals surface area contributed by atoms with E-state index in [0.29, 0.717) is 40.3 Å². The maximum absolute atomic E-state index is 13.0. The number of hydrogen-bond donors (Lipinski definition) is 1. The van der Waals surface area contributed by atoms with Gasteiger partial charge < -0.3 is 14.6 Å². The first kappa shape index (κ1) is 31.5. The lowest BCUT2D eigenvalue weighted by atomic mass is 9.33. The van der Waals surface area contributed by atoms with Crippen molar-refractivity contribution in [2.45, 2.75) is 125 Å². The molecule has 1 unspecified atom stereocenters. The number of ether oxygens (including phenoxy) is 2. The van der Waals surface area contributed by atoms with Gasteiger partial charge in [0, 0.05) is 19.1 Å². The van der Waals surface area contributed by atoms with E-state index in [2.05, 4.69) is 54.2 Å². The molecule has 0 aromatic rings. The van der Waals surface area contributed by atoms with Crippen molar-refractivity contribution in [1.29, 1.82) is 0 Å². The molecule has 4 nitrogen and oxygen atoms in total. The van der Waals surface area contributed by atoms with Gasteiger partial charge in [0.25, 0.3) is 0 Å². The van der Waals surface area contributed by atoms with Crippen molar-refractivity contribution in [3.05, 3.63) is 24.3 Å². The van der Waals surface area contributed by atoms with Crippen molar-refractivity contribution in [3.8, 4) is 0 Å². The molecule has 4 heteroatoms. The summed E-state index contributed by atoms with van der Waals surface area (Å²) in [6.07, 6.45) is 19.1. The van der Waals surface area contributed by atoms with Gasteiger partial charge in [0.15, 0.2) is 12.1 Å². The first-order chi connectivity index (χ1) is 19.4. The summed E-state index contributed by atoms with van der Waals surface area (Å²) in [6.45, 7) is 21.1. The average Bonchev–Trinajstić information content (AvgIpc) is 3.36. The molecule has 0 aromatic carbocycles. The van der Waals surface area contributed by atoms with Gasteiger partial charge in [0.2, 0.25) is 0 Å². The minimum absolute atomic E-state index is 0.00291. The Balaban J connectivity index is 0.00000165. The van der Waals surface area contributed by atoms with Gasteiger partial charge in [0.05, 0.1) is 6.61 Å². The second kappa shape index (κ2) is 11.2. The third-order valence-electron chi connectivity index (χ3n) is 14.6. The summed E-state index contributed by atoms with van der Waals surface area (Å²) in [6, 6.07) is 0. The number of rotatable bonds is 5. The molecule has 0 bridgehead atoms. The molecule has 5 fully saturated rings. The molecule has 0 radical (unpaired) electrons. The van der Waals surface area contributed by atoms with Gasteiger partial charge in [-0.25, -0.2) is 0 Å². The highest BCUT2D eigenvalue weighted by molar-refractivity contribution is 5.95. The van der Waals surface area contributed by atoms with E-state index >= 15 is 0 Å². The Hall–Kier alpha value is -0.970. The zero-order valence-corrected chi connectivity index (χ0v) is 27.4. The zero-order chi connectivity index (χ0) is 29.8. The molecule has 0 aromatic heterocycles. The highest BCUT2D eigenvalue weighted by Gasteiger charge is 2.70. The number of allylic oxidation sites excluding steroid dienone is 3. The van der Waals surface area contributed by atoms with E-state index in [4.69, 9.17) is 14.6 Å². The van der Waals surface area contributed by atoms with Gasteiger partial charge in [-0.3, -0.25) is 4.79 Å². The molecule has 10 atom stereocenters. The van der Waals surface area contributed by atoms with Crippen LogP contribution in [0.1, 0.15) is 119 Å². The molecular weight excluding hydrogens is 508 g/mol. The van der Waals surface area contributed by atoms with Gasteiger partial charge in [-0.05, 0) is 134 Å². The van der Waals surface area contributed by atoms with Crippen LogP contribution in [0.25, 0.3) is 0 Å². The van der Waals surface area contributed by atoms with E-state index in [9.17, 15) is 4.79 Å². The molecule has 0 spiro atoms. The molecule has 6 rings (SSSR count). The number of aliphatic hydroxyl groups excluding tert-OH is 1. The molecule has 4 saturated carbocycles. The Labute approximate surface area is 251 Å². The second-order valence-corrected chi connectivity index (χ2v) is 16.1. The van der Waals surface area contributed by atoms with Gasteiger partial charge in [0.1, 0.15) is 0 Å². The van der Waals surface area contributed by atoms with Crippen molar-refractivity contribution in [2.24, 2.45) is 56.7 Å². The fraction of sp³-hybridized carbons (Fsp3) is 0.865. The molecule has 232 valence electrons. The Bertz CT molecular complexity index is 1020. The number of fused-ring (bicyclic) bond motifs is 7. The zero-order valence-electron chi connectivity index (χ0n) is 27.4. The smallest absolute Gasteiger partial charge is 0.161 e. The minimum atomic E-state index is -0.252. The van der Waals surface area contributed by atoms with E-state index in [1.54, 1.807) is 0 Å². The monoisotopic (exact) mass is 568 g/mol. The quantitative estimate of drug-likeness (QED) is 0.338. The van der Waals surface area contributed by atoms with E-state index < -0.39 is 0 Å². The molecule has 0 amide bonds. The van der Waals surface area contributed by atoms with Crippen LogP contribution in [0.4, 0.5) is 0 Å². The molecule has 41 heavy (non-hydrogen) atoms. The lowest BCUT2D eigenvalue weighted by Crippen LogP contribution is -2.65. The van der Waals surface area contributed by atoms with E-state index in [1.165, 1.54) is 69.8 Å². The van der Waals surface area contributed by atoms with Crippen molar-refractivity contribution in [1.82, 2.24) is 0 Å². The lowest BCUT2D eigenvalue weighted by Gasteiger charge is -2.71. The first-order valence-electron chi connectivity index (χ1n) is 17.0. The number of hydrogen-bond acceptors (Lipinski definition) is 4. The molecule has 1 saturated heterocycles. The maximum Gasteiger partial charge on any atom is 0.161 e. The normalized spacial score (nSPS) is 48.1. The molecule has 1 aliphatic heterocycles. The molecule has 5 aliphatic carbocycles. The van der Waals surface area contributed by atoms with Crippen LogP contribution in [0.2, 0.25) is 0 Å². The van der Waals surface area contributed by atoms with Crippen LogP contribution in [0.3, 0.4) is 0 Å². The summed E-state index contributed by atoms with van der Waals surface area (Å²) >= 11 is 0. The lowest BCUT2D eigenvalue weighted by molar-refractivity contribution is -0.235. The Morgan fingerprint density at radius 3 is 2.39 bits per heavy atom. The second-order valence-electron chi connectivity index (χ2n) is 16.1. The molecular formula is C37H60O4. The predicted octanol–water partition coefficient (Wildman–Crippen LogP) is 8.53. The predicted molar refractivity (Wildman–Crippen MR) is 166 cm³/mol. The minimum Gasteiger partial charge on any atom is -0.400 e. The fourth-order valence-electron chi connectivity index (χ4n) is 12.1. The number of ketones is 1. The van der Waals surface area contributed by atoms with E-state index in [1.807, 2.05) is 6.08 Å². The van der Waals surface area contributed by atoms with Gasteiger partial charge in [-0.15, -0.1) is 0 Å². The summed E-state index contributed by atoms with van der Waals surface area (Å²) in [5, 5.41) is 7.00. The van der Waals surface area contributed by atoms with Gasteiger partial charge in [-0.2, -0.15) is 0 Å². The summed E-state index contributed by atoms with van der Waals surface area (Å²) < 4.78 is 12.7. The number of carbonyl (C=O) groups is 1. The third kappa shape index (κ3) is 4.59. The van der Waals surface area contributed by atoms with Gasteiger partial charge >= 0.3 is 0 Å². The van der Waals surface area contributed by atoms with E-state index in [0.717, 1.165) is 39.1 Å². The maximum atomic E-state index is 13.0. The van der Waals surface area contributed by atoms with Crippen LogP contribution in [0.5, 0.6) is 0 Å². The van der Waals surface area contributed by atoms with Crippen molar-refractivity contribution in [3.63, 3.8) is 0 Å². The van der Waals surface area contributed by atoms with Gasteiger partial charge in [-0.1, -0.05) is 59.8 Å². The van der Waals surface area contributed by atoms with Crippen molar-refractivity contribution < 1.29 is 19.4 Å². The topological polar surface area (TPSA) is 55.8 Å². The summed E-state index contributed by atoms with van der Waals surface area (Å²) in [4.78, 5) is 13.0. The Morgan fingerprint density at radius 1 is 0.951 bits per heavy atom. The third-order valence-corrected chi connectivity index (χ3v) is 14.6. The average molecular weight is 569 g/mol. The summed E-state index contributed by atoms with van der Waals surface area (Å²) in [7, 11) is 1.00.